The molecule has 1 heterocycles. The number of aromatic nitrogens is 1. The fraction of sp³-hybridized carbons (Fsp3) is 0.105. The Balaban J connectivity index is 1.58. The minimum Gasteiger partial charge on any atom is -0.360 e. The Morgan fingerprint density at radius 3 is 2.36 bits per heavy atom. The molecule has 2 amide bonds. The number of amides is 2. The molecule has 6 nitrogen and oxygen atoms in total. The first kappa shape index (κ1) is 16.4. The maximum atomic E-state index is 12.1. The van der Waals surface area contributed by atoms with Crippen molar-refractivity contribution in [3.63, 3.8) is 0 Å². The van der Waals surface area contributed by atoms with E-state index in [0.717, 1.165) is 5.56 Å². The van der Waals surface area contributed by atoms with Gasteiger partial charge in [0.25, 0.3) is 5.91 Å². The first-order chi connectivity index (χ1) is 12.1. The summed E-state index contributed by atoms with van der Waals surface area (Å²) in [5.74, 6) is 0.575. The van der Waals surface area contributed by atoms with Crippen LogP contribution in [-0.4, -0.2) is 17.0 Å². The van der Waals surface area contributed by atoms with E-state index in [0.29, 0.717) is 29.2 Å². The van der Waals surface area contributed by atoms with Crippen molar-refractivity contribution in [1.82, 2.24) is 5.16 Å². The summed E-state index contributed by atoms with van der Waals surface area (Å²) in [6, 6.07) is 17.8. The zero-order valence-corrected chi connectivity index (χ0v) is 13.7. The fourth-order valence-electron chi connectivity index (χ4n) is 2.31. The number of nitrogens with one attached hydrogen (secondary N) is 2. The number of rotatable bonds is 5. The van der Waals surface area contributed by atoms with Crippen LogP contribution in [0.1, 0.15) is 21.7 Å². The van der Waals surface area contributed by atoms with Gasteiger partial charge >= 0.3 is 0 Å². The van der Waals surface area contributed by atoms with Crippen molar-refractivity contribution in [2.75, 3.05) is 10.6 Å². The number of aryl methyl sites for hydroxylation is 1. The minimum atomic E-state index is -0.296. The molecule has 0 saturated heterocycles. The highest BCUT2D eigenvalue weighted by molar-refractivity contribution is 6.04. The standard InChI is InChI=1S/C19H17N3O3/c1-13-11-17(22-25-13)21-19(24)15-7-9-16(10-8-15)20-18(23)12-14-5-3-2-4-6-14/h2-11H,12H2,1H3,(H,20,23)(H,21,22,24). The number of benzene rings is 2. The molecule has 0 spiro atoms. The van der Waals surface area contributed by atoms with E-state index in [1.165, 1.54) is 0 Å². The Labute approximate surface area is 144 Å². The Morgan fingerprint density at radius 2 is 1.72 bits per heavy atom. The van der Waals surface area contributed by atoms with Crippen molar-refractivity contribution >= 4 is 23.3 Å². The lowest BCUT2D eigenvalue weighted by atomic mass is 10.1. The van der Waals surface area contributed by atoms with Gasteiger partial charge < -0.3 is 15.2 Å². The van der Waals surface area contributed by atoms with Crippen LogP contribution in [0, 0.1) is 6.92 Å². The zero-order chi connectivity index (χ0) is 17.6. The molecule has 0 aliphatic heterocycles. The molecule has 1 aromatic heterocycles. The highest BCUT2D eigenvalue weighted by atomic mass is 16.5. The van der Waals surface area contributed by atoms with Gasteiger partial charge in [-0.05, 0) is 36.8 Å². The summed E-state index contributed by atoms with van der Waals surface area (Å²) in [5.41, 5.74) is 2.04. The number of carbonyl (C=O) groups is 2. The van der Waals surface area contributed by atoms with Crippen molar-refractivity contribution in [2.24, 2.45) is 0 Å². The smallest absolute Gasteiger partial charge is 0.256 e. The van der Waals surface area contributed by atoms with Crippen LogP contribution in [0.25, 0.3) is 0 Å². The third kappa shape index (κ3) is 4.54. The van der Waals surface area contributed by atoms with Crippen LogP contribution in [-0.2, 0) is 11.2 Å². The van der Waals surface area contributed by atoms with Gasteiger partial charge in [-0.15, -0.1) is 0 Å². The molecule has 126 valence electrons. The quantitative estimate of drug-likeness (QED) is 0.748. The summed E-state index contributed by atoms with van der Waals surface area (Å²) < 4.78 is 4.90. The summed E-state index contributed by atoms with van der Waals surface area (Å²) in [7, 11) is 0. The van der Waals surface area contributed by atoms with Crippen molar-refractivity contribution in [1.29, 1.82) is 0 Å². The van der Waals surface area contributed by atoms with Crippen molar-refractivity contribution in [3.8, 4) is 0 Å². The van der Waals surface area contributed by atoms with Gasteiger partial charge in [-0.25, -0.2) is 0 Å². The van der Waals surface area contributed by atoms with E-state index in [9.17, 15) is 9.59 Å². The molecule has 0 fully saturated rings. The van der Waals surface area contributed by atoms with Crippen LogP contribution < -0.4 is 10.6 Å². The number of anilines is 2. The Kier molecular flexibility index (Phi) is 4.89. The van der Waals surface area contributed by atoms with E-state index < -0.39 is 0 Å². The van der Waals surface area contributed by atoms with Crippen LogP contribution in [0.2, 0.25) is 0 Å². The van der Waals surface area contributed by atoms with Crippen molar-refractivity contribution < 1.29 is 14.1 Å². The second-order valence-corrected chi connectivity index (χ2v) is 5.56. The molecule has 2 N–H and O–H groups in total. The molecule has 0 aliphatic rings. The van der Waals surface area contributed by atoms with Crippen LogP contribution in [0.3, 0.4) is 0 Å². The molecule has 0 saturated carbocycles. The predicted molar refractivity (Wildman–Crippen MR) is 94.4 cm³/mol. The number of carbonyl (C=O) groups excluding carboxylic acids is 2. The van der Waals surface area contributed by atoms with Gasteiger partial charge in [-0.1, -0.05) is 35.5 Å². The van der Waals surface area contributed by atoms with Crippen LogP contribution in [0.5, 0.6) is 0 Å². The lowest BCUT2D eigenvalue weighted by molar-refractivity contribution is -0.115. The third-order valence-electron chi connectivity index (χ3n) is 3.51. The second-order valence-electron chi connectivity index (χ2n) is 5.56. The largest absolute Gasteiger partial charge is 0.360 e. The molecule has 0 aliphatic carbocycles. The Bertz CT molecular complexity index is 870. The van der Waals surface area contributed by atoms with Gasteiger partial charge in [0.2, 0.25) is 5.91 Å². The molecular weight excluding hydrogens is 318 g/mol. The lowest BCUT2D eigenvalue weighted by Crippen LogP contribution is -2.15. The number of hydrogen-bond acceptors (Lipinski definition) is 4. The predicted octanol–water partition coefficient (Wildman–Crippen LogP) is 3.42. The van der Waals surface area contributed by atoms with Gasteiger partial charge in [0.1, 0.15) is 5.76 Å². The number of nitrogens with zero attached hydrogens (tertiary/aromatic N) is 1. The van der Waals surface area contributed by atoms with E-state index in [1.807, 2.05) is 30.3 Å². The fourth-order valence-corrected chi connectivity index (χ4v) is 2.31. The average Bonchev–Trinajstić information content (AvgIpc) is 3.01. The molecule has 0 radical (unpaired) electrons. The Hall–Kier alpha value is -3.41. The monoisotopic (exact) mass is 335 g/mol. The summed E-state index contributed by atoms with van der Waals surface area (Å²) in [4.78, 5) is 24.2. The maximum Gasteiger partial charge on any atom is 0.256 e. The van der Waals surface area contributed by atoms with E-state index in [2.05, 4.69) is 15.8 Å². The molecule has 0 bridgehead atoms. The summed E-state index contributed by atoms with van der Waals surface area (Å²) in [6.07, 6.45) is 0.300. The van der Waals surface area contributed by atoms with E-state index >= 15 is 0 Å². The molecule has 0 unspecified atom stereocenters. The van der Waals surface area contributed by atoms with Gasteiger partial charge in [-0.2, -0.15) is 0 Å². The van der Waals surface area contributed by atoms with Crippen LogP contribution >= 0.6 is 0 Å². The third-order valence-corrected chi connectivity index (χ3v) is 3.51. The van der Waals surface area contributed by atoms with Crippen molar-refractivity contribution in [2.45, 2.75) is 13.3 Å². The lowest BCUT2D eigenvalue weighted by Gasteiger charge is -2.07. The second kappa shape index (κ2) is 7.44. The topological polar surface area (TPSA) is 84.2 Å². The molecular formula is C19H17N3O3. The summed E-state index contributed by atoms with van der Waals surface area (Å²) in [6.45, 7) is 1.75. The van der Waals surface area contributed by atoms with E-state index in [-0.39, 0.29) is 11.8 Å². The molecule has 25 heavy (non-hydrogen) atoms. The highest BCUT2D eigenvalue weighted by Gasteiger charge is 2.09. The van der Waals surface area contributed by atoms with Crippen LogP contribution in [0.15, 0.2) is 65.2 Å². The van der Waals surface area contributed by atoms with E-state index in [1.54, 1.807) is 37.3 Å². The molecule has 0 atom stereocenters. The van der Waals surface area contributed by atoms with Crippen LogP contribution in [0.4, 0.5) is 11.5 Å². The molecule has 3 aromatic rings. The molecule has 2 aromatic carbocycles. The van der Waals surface area contributed by atoms with Gasteiger partial charge in [0.15, 0.2) is 5.82 Å². The van der Waals surface area contributed by atoms with Gasteiger partial charge in [-0.3, -0.25) is 9.59 Å². The van der Waals surface area contributed by atoms with E-state index in [4.69, 9.17) is 4.52 Å². The zero-order valence-electron chi connectivity index (χ0n) is 13.7. The molecule has 3 rings (SSSR count). The normalized spacial score (nSPS) is 10.3. The average molecular weight is 335 g/mol. The summed E-state index contributed by atoms with van der Waals surface area (Å²) in [5, 5.41) is 9.17. The highest BCUT2D eigenvalue weighted by Crippen LogP contribution is 2.13. The molecule has 6 heteroatoms. The minimum absolute atomic E-state index is 0.110. The van der Waals surface area contributed by atoms with Gasteiger partial charge in [0.05, 0.1) is 6.42 Å². The van der Waals surface area contributed by atoms with Crippen molar-refractivity contribution in [3.05, 3.63) is 77.6 Å². The first-order valence-corrected chi connectivity index (χ1v) is 7.79. The Morgan fingerprint density at radius 1 is 1.00 bits per heavy atom. The SMILES string of the molecule is Cc1cc(NC(=O)c2ccc(NC(=O)Cc3ccccc3)cc2)no1. The first-order valence-electron chi connectivity index (χ1n) is 7.79. The van der Waals surface area contributed by atoms with Gasteiger partial charge in [0, 0.05) is 17.3 Å². The maximum absolute atomic E-state index is 12.1. The summed E-state index contributed by atoms with van der Waals surface area (Å²) >= 11 is 0. The number of hydrogen-bond donors (Lipinski definition) is 2.